The van der Waals surface area contributed by atoms with E-state index < -0.39 is 6.10 Å². The van der Waals surface area contributed by atoms with Crippen LogP contribution >= 0.6 is 0 Å². The maximum atomic E-state index is 11.7. The third kappa shape index (κ3) is 4.20. The van der Waals surface area contributed by atoms with E-state index in [1.165, 1.54) is 7.11 Å². The van der Waals surface area contributed by atoms with Gasteiger partial charge in [0.1, 0.15) is 11.5 Å². The topological polar surface area (TPSA) is 71.7 Å². The summed E-state index contributed by atoms with van der Waals surface area (Å²) in [6.07, 6.45) is -0.0809. The van der Waals surface area contributed by atoms with Crippen molar-refractivity contribution < 1.29 is 19.1 Å². The number of hydrogen-bond acceptors (Lipinski definition) is 4. The van der Waals surface area contributed by atoms with Gasteiger partial charge >= 0.3 is 0 Å². The predicted molar refractivity (Wildman–Crippen MR) is 63.0 cm³/mol. The molecule has 1 unspecified atom stereocenters. The average molecular weight is 241 g/mol. The van der Waals surface area contributed by atoms with Gasteiger partial charge in [0.05, 0.1) is 18.3 Å². The van der Waals surface area contributed by atoms with Crippen LogP contribution in [0.5, 0.6) is 0 Å². The second-order valence-electron chi connectivity index (χ2n) is 3.98. The molecule has 0 aromatic carbocycles. The minimum atomic E-state index is -0.549. The van der Waals surface area contributed by atoms with Gasteiger partial charge in [-0.15, -0.1) is 0 Å². The highest BCUT2D eigenvalue weighted by atomic mass is 16.5. The smallest absolute Gasteiger partial charge is 0.254 e. The molecule has 0 fully saturated rings. The number of amides is 1. The van der Waals surface area contributed by atoms with E-state index in [2.05, 4.69) is 5.32 Å². The van der Waals surface area contributed by atoms with Gasteiger partial charge < -0.3 is 19.6 Å². The largest absolute Gasteiger partial charge is 0.466 e. The summed E-state index contributed by atoms with van der Waals surface area (Å²) in [6, 6.07) is 1.70. The molecule has 0 aliphatic rings. The van der Waals surface area contributed by atoms with Crippen molar-refractivity contribution in [2.24, 2.45) is 0 Å². The number of carbonyl (C=O) groups is 1. The number of furan rings is 1. The number of aliphatic hydroxyl groups is 1. The number of methoxy groups -OCH3 is 1. The number of nitrogens with one attached hydrogen (secondary N) is 1. The van der Waals surface area contributed by atoms with E-state index in [1.807, 2.05) is 0 Å². The number of aryl methyl sites for hydroxylation is 2. The lowest BCUT2D eigenvalue weighted by Crippen LogP contribution is -2.28. The van der Waals surface area contributed by atoms with Gasteiger partial charge in [0, 0.05) is 13.7 Å². The predicted octanol–water partition coefficient (Wildman–Crippen LogP) is 1.02. The first-order valence-corrected chi connectivity index (χ1v) is 5.56. The first kappa shape index (κ1) is 13.7. The summed E-state index contributed by atoms with van der Waals surface area (Å²) >= 11 is 0. The third-order valence-corrected chi connectivity index (χ3v) is 2.41. The van der Waals surface area contributed by atoms with Crippen molar-refractivity contribution in [2.75, 3.05) is 20.3 Å². The third-order valence-electron chi connectivity index (χ3n) is 2.41. The molecule has 0 aliphatic heterocycles. The molecule has 0 bridgehead atoms. The Morgan fingerprint density at radius 3 is 2.82 bits per heavy atom. The second-order valence-corrected chi connectivity index (χ2v) is 3.98. The first-order valence-electron chi connectivity index (χ1n) is 5.56. The van der Waals surface area contributed by atoms with E-state index in [9.17, 15) is 9.90 Å². The molecule has 0 saturated heterocycles. The van der Waals surface area contributed by atoms with Gasteiger partial charge in [-0.2, -0.15) is 0 Å². The van der Waals surface area contributed by atoms with Crippen molar-refractivity contribution in [3.63, 3.8) is 0 Å². The molecule has 5 nitrogen and oxygen atoms in total. The van der Waals surface area contributed by atoms with Gasteiger partial charge in [-0.05, 0) is 26.3 Å². The van der Waals surface area contributed by atoms with Crippen LogP contribution in [-0.2, 0) is 4.74 Å². The van der Waals surface area contributed by atoms with Crippen LogP contribution in [0, 0.1) is 13.8 Å². The molecule has 1 rings (SSSR count). The van der Waals surface area contributed by atoms with Crippen molar-refractivity contribution in [2.45, 2.75) is 26.4 Å². The molecule has 2 N–H and O–H groups in total. The highest BCUT2D eigenvalue weighted by Gasteiger charge is 2.13. The van der Waals surface area contributed by atoms with Gasteiger partial charge in [0.15, 0.2) is 0 Å². The van der Waals surface area contributed by atoms with Gasteiger partial charge in [0.2, 0.25) is 0 Å². The van der Waals surface area contributed by atoms with Crippen LogP contribution in [0.15, 0.2) is 10.5 Å². The summed E-state index contributed by atoms with van der Waals surface area (Å²) in [5, 5.41) is 12.1. The number of carbonyl (C=O) groups excluding carboxylic acids is 1. The van der Waals surface area contributed by atoms with Crippen LogP contribution in [0.4, 0.5) is 0 Å². The molecule has 0 aliphatic carbocycles. The first-order chi connectivity index (χ1) is 8.04. The van der Waals surface area contributed by atoms with Gasteiger partial charge in [-0.1, -0.05) is 0 Å². The molecule has 0 saturated carbocycles. The van der Waals surface area contributed by atoms with Crippen molar-refractivity contribution >= 4 is 5.91 Å². The Morgan fingerprint density at radius 2 is 2.29 bits per heavy atom. The molecule has 1 amide bonds. The van der Waals surface area contributed by atoms with Crippen LogP contribution in [0.2, 0.25) is 0 Å². The number of rotatable bonds is 6. The molecule has 0 spiro atoms. The van der Waals surface area contributed by atoms with Gasteiger partial charge in [0.25, 0.3) is 5.91 Å². The number of ether oxygens (including phenoxy) is 1. The van der Waals surface area contributed by atoms with Crippen molar-refractivity contribution in [3.05, 3.63) is 23.2 Å². The van der Waals surface area contributed by atoms with Crippen LogP contribution in [-0.4, -0.2) is 37.4 Å². The van der Waals surface area contributed by atoms with Crippen LogP contribution in [0.3, 0.4) is 0 Å². The Hall–Kier alpha value is -1.33. The quantitative estimate of drug-likeness (QED) is 0.780. The normalized spacial score (nSPS) is 12.5. The van der Waals surface area contributed by atoms with E-state index in [1.54, 1.807) is 19.9 Å². The summed E-state index contributed by atoms with van der Waals surface area (Å²) in [5.41, 5.74) is 0.545. The van der Waals surface area contributed by atoms with Gasteiger partial charge in [-0.25, -0.2) is 0 Å². The standard InChI is InChI=1S/C12H19NO4/c1-8-6-11(9(2)17-8)12(15)13-5-4-10(14)7-16-3/h6,10,14H,4-5,7H2,1-3H3,(H,13,15). The Balaban J connectivity index is 2.37. The monoisotopic (exact) mass is 241 g/mol. The van der Waals surface area contributed by atoms with E-state index in [0.29, 0.717) is 30.0 Å². The molecule has 5 heteroatoms. The van der Waals surface area contributed by atoms with Crippen LogP contribution in [0.1, 0.15) is 28.3 Å². The second kappa shape index (κ2) is 6.42. The van der Waals surface area contributed by atoms with E-state index in [-0.39, 0.29) is 12.5 Å². The summed E-state index contributed by atoms with van der Waals surface area (Å²) in [5.74, 6) is 1.15. The van der Waals surface area contributed by atoms with Crippen LogP contribution in [0.25, 0.3) is 0 Å². The summed E-state index contributed by atoms with van der Waals surface area (Å²) < 4.78 is 10.1. The number of hydrogen-bond donors (Lipinski definition) is 2. The SMILES string of the molecule is COCC(O)CCNC(=O)c1cc(C)oc1C. The van der Waals surface area contributed by atoms with Crippen molar-refractivity contribution in [3.8, 4) is 0 Å². The highest BCUT2D eigenvalue weighted by Crippen LogP contribution is 2.13. The Bertz CT molecular complexity index is 373. The van der Waals surface area contributed by atoms with E-state index in [0.717, 1.165) is 0 Å². The highest BCUT2D eigenvalue weighted by molar-refractivity contribution is 5.95. The Labute approximate surface area is 101 Å². The zero-order chi connectivity index (χ0) is 12.8. The molecule has 96 valence electrons. The van der Waals surface area contributed by atoms with Crippen LogP contribution < -0.4 is 5.32 Å². The Morgan fingerprint density at radius 1 is 1.59 bits per heavy atom. The zero-order valence-electron chi connectivity index (χ0n) is 10.4. The summed E-state index contributed by atoms with van der Waals surface area (Å²) in [4.78, 5) is 11.7. The molecular formula is C12H19NO4. The fourth-order valence-electron chi connectivity index (χ4n) is 1.58. The lowest BCUT2D eigenvalue weighted by molar-refractivity contribution is 0.0587. The fraction of sp³-hybridized carbons (Fsp3) is 0.583. The maximum absolute atomic E-state index is 11.7. The fourth-order valence-corrected chi connectivity index (χ4v) is 1.58. The lowest BCUT2D eigenvalue weighted by atomic mass is 10.2. The van der Waals surface area contributed by atoms with Crippen molar-refractivity contribution in [1.29, 1.82) is 0 Å². The average Bonchev–Trinajstić information content (AvgIpc) is 2.58. The van der Waals surface area contributed by atoms with Gasteiger partial charge in [-0.3, -0.25) is 4.79 Å². The molecule has 1 heterocycles. The number of aliphatic hydroxyl groups excluding tert-OH is 1. The molecule has 1 aromatic rings. The summed E-state index contributed by atoms with van der Waals surface area (Å²) in [7, 11) is 1.53. The molecule has 1 atom stereocenters. The summed E-state index contributed by atoms with van der Waals surface area (Å²) in [6.45, 7) is 4.24. The van der Waals surface area contributed by atoms with E-state index in [4.69, 9.17) is 9.15 Å². The molecule has 1 aromatic heterocycles. The minimum Gasteiger partial charge on any atom is -0.466 e. The maximum Gasteiger partial charge on any atom is 0.254 e. The zero-order valence-corrected chi connectivity index (χ0v) is 10.4. The molecule has 0 radical (unpaired) electrons. The molecule has 17 heavy (non-hydrogen) atoms. The van der Waals surface area contributed by atoms with E-state index >= 15 is 0 Å². The minimum absolute atomic E-state index is 0.177. The lowest BCUT2D eigenvalue weighted by Gasteiger charge is -2.09. The molecular weight excluding hydrogens is 222 g/mol. The Kier molecular flexibility index (Phi) is 5.18. The van der Waals surface area contributed by atoms with Crippen molar-refractivity contribution in [1.82, 2.24) is 5.32 Å².